The molecule has 0 unspecified atom stereocenters. The summed E-state index contributed by atoms with van der Waals surface area (Å²) in [5, 5.41) is 5.80. The van der Waals surface area contributed by atoms with E-state index in [0.717, 1.165) is 0 Å². The third-order valence-corrected chi connectivity index (χ3v) is 4.20. The van der Waals surface area contributed by atoms with Gasteiger partial charge in [0.2, 0.25) is 5.91 Å². The second kappa shape index (κ2) is 9.02. The van der Waals surface area contributed by atoms with E-state index in [0.29, 0.717) is 31.5 Å². The Labute approximate surface area is 149 Å². The van der Waals surface area contributed by atoms with Gasteiger partial charge in [-0.3, -0.25) is 9.59 Å². The monoisotopic (exact) mass is 338 g/mol. The van der Waals surface area contributed by atoms with Crippen molar-refractivity contribution in [1.29, 1.82) is 0 Å². The summed E-state index contributed by atoms with van der Waals surface area (Å²) in [5.41, 5.74) is 5.45. The van der Waals surface area contributed by atoms with E-state index in [2.05, 4.69) is 43.5 Å². The zero-order valence-corrected chi connectivity index (χ0v) is 15.2. The Morgan fingerprint density at radius 3 is 2.20 bits per heavy atom. The molecule has 2 rings (SSSR count). The van der Waals surface area contributed by atoms with Crippen LogP contribution in [0.5, 0.6) is 0 Å². The molecule has 0 aliphatic carbocycles. The van der Waals surface area contributed by atoms with Crippen molar-refractivity contribution in [2.75, 3.05) is 6.54 Å². The first-order valence-corrected chi connectivity index (χ1v) is 8.64. The number of hydrogen-bond acceptors (Lipinski definition) is 2. The highest BCUT2D eigenvalue weighted by Gasteiger charge is 2.07. The van der Waals surface area contributed by atoms with Crippen LogP contribution in [0.4, 0.5) is 0 Å². The minimum atomic E-state index is -0.105. The van der Waals surface area contributed by atoms with E-state index in [4.69, 9.17) is 0 Å². The second-order valence-corrected chi connectivity index (χ2v) is 6.38. The number of nitrogens with one attached hydrogen (secondary N) is 2. The fourth-order valence-electron chi connectivity index (χ4n) is 2.91. The van der Waals surface area contributed by atoms with Gasteiger partial charge in [0.1, 0.15) is 0 Å². The fraction of sp³-hybridized carbons (Fsp3) is 0.333. The van der Waals surface area contributed by atoms with Crippen LogP contribution in [0.3, 0.4) is 0 Å². The summed E-state index contributed by atoms with van der Waals surface area (Å²) >= 11 is 0. The number of benzene rings is 2. The third-order valence-electron chi connectivity index (χ3n) is 4.20. The van der Waals surface area contributed by atoms with Crippen molar-refractivity contribution in [3.8, 4) is 0 Å². The number of rotatable bonds is 7. The summed E-state index contributed by atoms with van der Waals surface area (Å²) in [6, 6.07) is 13.3. The molecule has 0 saturated heterocycles. The predicted molar refractivity (Wildman–Crippen MR) is 101 cm³/mol. The predicted octanol–water partition coefficient (Wildman–Crippen LogP) is 3.44. The van der Waals surface area contributed by atoms with Gasteiger partial charge in [-0.05, 0) is 56.0 Å². The maximum atomic E-state index is 12.0. The van der Waals surface area contributed by atoms with Crippen molar-refractivity contribution < 1.29 is 9.59 Å². The van der Waals surface area contributed by atoms with E-state index in [9.17, 15) is 9.59 Å². The summed E-state index contributed by atoms with van der Waals surface area (Å²) in [6.07, 6.45) is 1.02. The number of carbonyl (C=O) groups excluding carboxylic acids is 2. The molecule has 25 heavy (non-hydrogen) atoms. The highest BCUT2D eigenvalue weighted by molar-refractivity contribution is 5.94. The van der Waals surface area contributed by atoms with Crippen LogP contribution in [-0.2, 0) is 11.3 Å². The van der Waals surface area contributed by atoms with Crippen LogP contribution < -0.4 is 10.6 Å². The highest BCUT2D eigenvalue weighted by atomic mass is 16.2. The van der Waals surface area contributed by atoms with Gasteiger partial charge in [0.25, 0.3) is 5.91 Å². The molecule has 0 atom stereocenters. The Kier molecular flexibility index (Phi) is 6.75. The Hall–Kier alpha value is -2.62. The summed E-state index contributed by atoms with van der Waals surface area (Å²) in [4.78, 5) is 23.9. The third kappa shape index (κ3) is 5.75. The molecule has 2 amide bonds. The zero-order chi connectivity index (χ0) is 18.2. The zero-order valence-electron chi connectivity index (χ0n) is 15.2. The van der Waals surface area contributed by atoms with Crippen molar-refractivity contribution in [3.05, 3.63) is 70.3 Å². The molecule has 0 aliphatic heterocycles. The smallest absolute Gasteiger partial charge is 0.251 e. The van der Waals surface area contributed by atoms with Gasteiger partial charge < -0.3 is 10.6 Å². The average Bonchev–Trinajstić information content (AvgIpc) is 2.58. The number of hydrogen-bond donors (Lipinski definition) is 2. The van der Waals surface area contributed by atoms with Crippen molar-refractivity contribution in [2.45, 2.75) is 40.2 Å². The van der Waals surface area contributed by atoms with Crippen molar-refractivity contribution in [1.82, 2.24) is 10.6 Å². The van der Waals surface area contributed by atoms with Crippen molar-refractivity contribution in [3.63, 3.8) is 0 Å². The Balaban J connectivity index is 1.70. The van der Waals surface area contributed by atoms with Crippen LogP contribution in [-0.4, -0.2) is 18.4 Å². The quantitative estimate of drug-likeness (QED) is 0.760. The maximum absolute atomic E-state index is 12.0. The molecule has 4 nitrogen and oxygen atoms in total. The number of carbonyl (C=O) groups is 2. The molecule has 0 spiro atoms. The summed E-state index contributed by atoms with van der Waals surface area (Å²) in [7, 11) is 0. The number of amides is 2. The lowest BCUT2D eigenvalue weighted by Crippen LogP contribution is -2.27. The van der Waals surface area contributed by atoms with Gasteiger partial charge in [0, 0.05) is 25.1 Å². The van der Waals surface area contributed by atoms with Crippen LogP contribution in [0.1, 0.15) is 45.5 Å². The lowest BCUT2D eigenvalue weighted by molar-refractivity contribution is -0.121. The Morgan fingerprint density at radius 1 is 0.920 bits per heavy atom. The van der Waals surface area contributed by atoms with Gasteiger partial charge in [0.05, 0.1) is 0 Å². The van der Waals surface area contributed by atoms with Crippen LogP contribution in [0.15, 0.2) is 42.5 Å². The molecule has 132 valence electrons. The molecule has 0 saturated carbocycles. The molecule has 0 aromatic heterocycles. The van der Waals surface area contributed by atoms with Gasteiger partial charge in [-0.2, -0.15) is 0 Å². The minimum absolute atomic E-state index is 0.00772. The lowest BCUT2D eigenvalue weighted by Gasteiger charge is -2.12. The van der Waals surface area contributed by atoms with E-state index in [1.807, 2.05) is 18.2 Å². The SMILES string of the molecule is Cc1cc(C)c(CNC(=O)CCCNC(=O)c2ccccc2)c(C)c1. The first kappa shape index (κ1) is 18.7. The van der Waals surface area contributed by atoms with E-state index in [1.54, 1.807) is 12.1 Å². The van der Waals surface area contributed by atoms with E-state index in [1.165, 1.54) is 22.3 Å². The van der Waals surface area contributed by atoms with Gasteiger partial charge >= 0.3 is 0 Å². The molecular formula is C21H26N2O2. The van der Waals surface area contributed by atoms with Crippen LogP contribution in [0.25, 0.3) is 0 Å². The second-order valence-electron chi connectivity index (χ2n) is 6.38. The molecule has 2 aromatic carbocycles. The normalized spacial score (nSPS) is 10.4. The number of aryl methyl sites for hydroxylation is 3. The van der Waals surface area contributed by atoms with E-state index < -0.39 is 0 Å². The Morgan fingerprint density at radius 2 is 1.56 bits per heavy atom. The van der Waals surface area contributed by atoms with Crippen molar-refractivity contribution >= 4 is 11.8 Å². The molecule has 4 heteroatoms. The molecule has 2 N–H and O–H groups in total. The average molecular weight is 338 g/mol. The van der Waals surface area contributed by atoms with Crippen molar-refractivity contribution in [2.24, 2.45) is 0 Å². The van der Waals surface area contributed by atoms with E-state index >= 15 is 0 Å². The van der Waals surface area contributed by atoms with Gasteiger partial charge in [-0.15, -0.1) is 0 Å². The maximum Gasteiger partial charge on any atom is 0.251 e. The summed E-state index contributed by atoms with van der Waals surface area (Å²) in [5.74, 6) is -0.0970. The summed E-state index contributed by atoms with van der Waals surface area (Å²) in [6.45, 7) is 7.25. The van der Waals surface area contributed by atoms with E-state index in [-0.39, 0.29) is 11.8 Å². The topological polar surface area (TPSA) is 58.2 Å². The largest absolute Gasteiger partial charge is 0.352 e. The first-order valence-electron chi connectivity index (χ1n) is 8.64. The van der Waals surface area contributed by atoms with Gasteiger partial charge in [-0.25, -0.2) is 0 Å². The van der Waals surface area contributed by atoms with Crippen LogP contribution in [0, 0.1) is 20.8 Å². The standard InChI is InChI=1S/C21H26N2O2/c1-15-12-16(2)19(17(3)13-15)14-23-20(24)10-7-11-22-21(25)18-8-5-4-6-9-18/h4-6,8-9,12-13H,7,10-11,14H2,1-3H3,(H,22,25)(H,23,24). The highest BCUT2D eigenvalue weighted by Crippen LogP contribution is 2.16. The van der Waals surface area contributed by atoms with Crippen LogP contribution >= 0.6 is 0 Å². The first-order chi connectivity index (χ1) is 12.0. The minimum Gasteiger partial charge on any atom is -0.352 e. The lowest BCUT2D eigenvalue weighted by atomic mass is 10.00. The van der Waals surface area contributed by atoms with Gasteiger partial charge in [-0.1, -0.05) is 35.9 Å². The molecule has 0 bridgehead atoms. The molecule has 0 heterocycles. The molecule has 0 radical (unpaired) electrons. The van der Waals surface area contributed by atoms with Crippen LogP contribution in [0.2, 0.25) is 0 Å². The molecular weight excluding hydrogens is 312 g/mol. The fourth-order valence-corrected chi connectivity index (χ4v) is 2.91. The summed E-state index contributed by atoms with van der Waals surface area (Å²) < 4.78 is 0. The molecule has 2 aromatic rings. The molecule has 0 aliphatic rings. The molecule has 0 fully saturated rings. The Bertz CT molecular complexity index is 716. The van der Waals surface area contributed by atoms with Gasteiger partial charge in [0.15, 0.2) is 0 Å².